The van der Waals surface area contributed by atoms with Gasteiger partial charge in [-0.05, 0) is 73.1 Å². The van der Waals surface area contributed by atoms with Crippen molar-refractivity contribution in [3.05, 3.63) is 60.2 Å². The smallest absolute Gasteiger partial charge is 0.404 e. The van der Waals surface area contributed by atoms with Crippen molar-refractivity contribution in [1.82, 2.24) is 5.32 Å². The van der Waals surface area contributed by atoms with Crippen LogP contribution in [0, 0.1) is 17.3 Å². The first kappa shape index (κ1) is 24.8. The molecule has 36 heavy (non-hydrogen) atoms. The van der Waals surface area contributed by atoms with Crippen molar-refractivity contribution in [1.29, 1.82) is 0 Å². The van der Waals surface area contributed by atoms with Crippen molar-refractivity contribution < 1.29 is 14.1 Å². The van der Waals surface area contributed by atoms with E-state index in [1.54, 1.807) is 0 Å². The number of nitrogens with zero attached hydrogens (tertiary/aromatic N) is 1. The van der Waals surface area contributed by atoms with Gasteiger partial charge in [0, 0.05) is 12.1 Å². The minimum absolute atomic E-state index is 0.0570. The summed E-state index contributed by atoms with van der Waals surface area (Å²) >= 11 is 0. The van der Waals surface area contributed by atoms with Crippen LogP contribution >= 0.6 is 0 Å². The molecule has 8 heteroatoms. The van der Waals surface area contributed by atoms with Gasteiger partial charge < -0.3 is 26.1 Å². The van der Waals surface area contributed by atoms with E-state index < -0.39 is 7.12 Å². The van der Waals surface area contributed by atoms with Crippen LogP contribution in [-0.4, -0.2) is 43.2 Å². The Morgan fingerprint density at radius 1 is 1.08 bits per heavy atom. The molecule has 2 bridgehead atoms. The molecular weight excluding hydrogens is 451 g/mol. The lowest BCUT2D eigenvalue weighted by Gasteiger charge is -2.64. The molecule has 1 heterocycles. The maximum absolute atomic E-state index is 13.3. The number of rotatable bonds is 8. The van der Waals surface area contributed by atoms with E-state index in [0.29, 0.717) is 36.8 Å². The number of benzene rings is 2. The van der Waals surface area contributed by atoms with Gasteiger partial charge in [-0.15, -0.1) is 0 Å². The molecule has 2 aromatic rings. The zero-order valence-corrected chi connectivity index (χ0v) is 21.4. The van der Waals surface area contributed by atoms with Gasteiger partial charge in [0.15, 0.2) is 5.96 Å². The predicted molar refractivity (Wildman–Crippen MR) is 143 cm³/mol. The highest BCUT2D eigenvalue weighted by Crippen LogP contribution is 2.65. The van der Waals surface area contributed by atoms with Crippen molar-refractivity contribution in [3.8, 4) is 11.1 Å². The molecule has 2 aromatic carbocycles. The molecule has 5 N–H and O–H groups in total. The highest BCUT2D eigenvalue weighted by molar-refractivity contribution is 6.48. The molecule has 3 saturated carbocycles. The first-order valence-electron chi connectivity index (χ1n) is 13.0. The number of aliphatic imine (C=N–C) groups is 1. The molecule has 4 fully saturated rings. The molecule has 1 saturated heterocycles. The second kappa shape index (κ2) is 9.56. The lowest BCUT2D eigenvalue weighted by Crippen LogP contribution is -2.65. The van der Waals surface area contributed by atoms with Gasteiger partial charge in [-0.2, -0.15) is 0 Å². The van der Waals surface area contributed by atoms with Gasteiger partial charge in [0.2, 0.25) is 0 Å². The highest BCUT2D eigenvalue weighted by atomic mass is 16.7. The Balaban J connectivity index is 1.30. The summed E-state index contributed by atoms with van der Waals surface area (Å²) in [5, 5.41) is 3.20. The monoisotopic (exact) mass is 488 g/mol. The fourth-order valence-electron chi connectivity index (χ4n) is 6.56. The first-order valence-corrected chi connectivity index (χ1v) is 13.0. The van der Waals surface area contributed by atoms with E-state index in [1.165, 1.54) is 6.42 Å². The zero-order valence-electron chi connectivity index (χ0n) is 21.4. The molecule has 5 atom stereocenters. The second-order valence-corrected chi connectivity index (χ2v) is 11.3. The molecule has 6 rings (SSSR count). The summed E-state index contributed by atoms with van der Waals surface area (Å²) in [5.74, 6) is 0.757. The van der Waals surface area contributed by atoms with Crippen LogP contribution in [0.1, 0.15) is 56.8 Å². The molecule has 4 aliphatic rings. The van der Waals surface area contributed by atoms with Crippen molar-refractivity contribution in [2.24, 2.45) is 33.7 Å². The van der Waals surface area contributed by atoms with Crippen molar-refractivity contribution in [3.63, 3.8) is 0 Å². The summed E-state index contributed by atoms with van der Waals surface area (Å²) in [7, 11) is -0.498. The van der Waals surface area contributed by atoms with Crippen molar-refractivity contribution >= 4 is 19.0 Å². The largest absolute Gasteiger partial charge is 0.481 e. The lowest BCUT2D eigenvalue weighted by atomic mass is 9.43. The second-order valence-electron chi connectivity index (χ2n) is 11.3. The van der Waals surface area contributed by atoms with Gasteiger partial charge in [0.25, 0.3) is 5.91 Å². The molecule has 190 valence electrons. The fraction of sp³-hybridized carbons (Fsp3) is 0.500. The van der Waals surface area contributed by atoms with Crippen LogP contribution in [-0.2, 0) is 9.31 Å². The summed E-state index contributed by atoms with van der Waals surface area (Å²) in [4.78, 5) is 17.4. The Hall–Kier alpha value is -2.84. The average Bonchev–Trinajstić information content (AvgIpc) is 3.23. The molecular formula is C28H37BN4O3. The Labute approximate surface area is 214 Å². The van der Waals surface area contributed by atoms with E-state index in [1.807, 2.05) is 42.5 Å². The maximum atomic E-state index is 13.3. The van der Waals surface area contributed by atoms with E-state index in [4.69, 9.17) is 20.8 Å². The van der Waals surface area contributed by atoms with Gasteiger partial charge in [0.05, 0.1) is 17.6 Å². The number of hydrogen-bond donors (Lipinski definition) is 3. The third-order valence-corrected chi connectivity index (χ3v) is 8.84. The predicted octanol–water partition coefficient (Wildman–Crippen LogP) is 3.77. The maximum Gasteiger partial charge on any atom is 0.481 e. The van der Waals surface area contributed by atoms with Crippen LogP contribution < -0.4 is 16.8 Å². The van der Waals surface area contributed by atoms with E-state index in [-0.39, 0.29) is 34.9 Å². The molecule has 2 unspecified atom stereocenters. The van der Waals surface area contributed by atoms with Crippen LogP contribution in [0.2, 0.25) is 0 Å². The molecule has 0 aromatic heterocycles. The SMILES string of the molecule is CC1(C)C2CC1[C@]1(C)OB([C@H](CCCN=C(N)N)NC(=O)c3ccc(-c4ccccc4)cc3)O[C@@H]1C2. The summed E-state index contributed by atoms with van der Waals surface area (Å²) in [6.45, 7) is 7.38. The van der Waals surface area contributed by atoms with Crippen molar-refractivity contribution in [2.45, 2.75) is 64.1 Å². The number of carbonyl (C=O) groups excluding carboxylic acids is 1. The Kier molecular flexibility index (Phi) is 6.60. The van der Waals surface area contributed by atoms with Gasteiger partial charge >= 0.3 is 7.12 Å². The number of carbonyl (C=O) groups is 1. The topological polar surface area (TPSA) is 112 Å². The van der Waals surface area contributed by atoms with Gasteiger partial charge in [-0.25, -0.2) is 0 Å². The van der Waals surface area contributed by atoms with Crippen LogP contribution in [0.4, 0.5) is 0 Å². The third-order valence-electron chi connectivity index (χ3n) is 8.84. The fourth-order valence-corrected chi connectivity index (χ4v) is 6.56. The minimum atomic E-state index is -0.498. The van der Waals surface area contributed by atoms with Gasteiger partial charge in [-0.3, -0.25) is 9.79 Å². The van der Waals surface area contributed by atoms with E-state index in [2.05, 4.69) is 43.2 Å². The number of nitrogens with one attached hydrogen (secondary N) is 1. The number of amides is 1. The summed E-state index contributed by atoms with van der Waals surface area (Å²) < 4.78 is 13.2. The Morgan fingerprint density at radius 3 is 2.44 bits per heavy atom. The van der Waals surface area contributed by atoms with E-state index in [9.17, 15) is 4.79 Å². The highest BCUT2D eigenvalue weighted by Gasteiger charge is 2.68. The molecule has 0 spiro atoms. The van der Waals surface area contributed by atoms with Crippen LogP contribution in [0.3, 0.4) is 0 Å². The molecule has 1 amide bonds. The van der Waals surface area contributed by atoms with Crippen molar-refractivity contribution in [2.75, 3.05) is 6.54 Å². The lowest BCUT2D eigenvalue weighted by molar-refractivity contribution is -0.199. The average molecular weight is 488 g/mol. The Morgan fingerprint density at radius 2 is 1.78 bits per heavy atom. The standard InChI is InChI=1S/C28H37BN4O3/c1-27(2)21-16-22(27)28(3)23(17-21)35-29(36-28)24(10-7-15-32-26(30)31)33-25(34)20-13-11-19(12-14-20)18-8-5-4-6-9-18/h4-6,8-9,11-14,21-24H,7,10,15-17H2,1-3H3,(H,33,34)(H4,30,31,32)/t21?,22?,23-,24+,28+/m1/s1. The van der Waals surface area contributed by atoms with Gasteiger partial charge in [0.1, 0.15) is 0 Å². The van der Waals surface area contributed by atoms with Crippen LogP contribution in [0.15, 0.2) is 59.6 Å². The first-order chi connectivity index (χ1) is 17.2. The molecule has 1 aliphatic heterocycles. The summed E-state index contributed by atoms with van der Waals surface area (Å²) in [5.41, 5.74) is 13.7. The molecule has 7 nitrogen and oxygen atoms in total. The van der Waals surface area contributed by atoms with E-state index >= 15 is 0 Å². The molecule has 0 radical (unpaired) electrons. The quantitative estimate of drug-likeness (QED) is 0.227. The summed E-state index contributed by atoms with van der Waals surface area (Å²) in [6, 6.07) is 17.8. The molecule has 3 aliphatic carbocycles. The number of guanidine groups is 1. The normalized spacial score (nSPS) is 28.5. The number of nitrogens with two attached hydrogens (primary N) is 2. The minimum Gasteiger partial charge on any atom is -0.404 e. The number of hydrogen-bond acceptors (Lipinski definition) is 4. The summed E-state index contributed by atoms with van der Waals surface area (Å²) in [6.07, 6.45) is 3.60. The van der Waals surface area contributed by atoms with E-state index in [0.717, 1.165) is 17.5 Å². The van der Waals surface area contributed by atoms with Gasteiger partial charge in [-0.1, -0.05) is 56.3 Å². The Bertz CT molecular complexity index is 1120. The van der Waals surface area contributed by atoms with Crippen LogP contribution in [0.25, 0.3) is 11.1 Å². The third kappa shape index (κ3) is 4.52. The van der Waals surface area contributed by atoms with Crippen LogP contribution in [0.5, 0.6) is 0 Å². The zero-order chi connectivity index (χ0) is 25.5.